The standard InChI is InChI=1S/C13H13N3O2S2/c1-9-3-5-10(6-4-9)20(17,18)16-13-11(7-8-19-13)12(14-2)15-16/h3-8H,1-2H3,(H,14,15). The molecule has 0 fully saturated rings. The second-order valence-electron chi connectivity index (χ2n) is 4.40. The Morgan fingerprint density at radius 2 is 1.90 bits per heavy atom. The van der Waals surface area contributed by atoms with Crippen molar-refractivity contribution < 1.29 is 8.42 Å². The minimum absolute atomic E-state index is 0.239. The third kappa shape index (κ3) is 1.90. The van der Waals surface area contributed by atoms with Gasteiger partial charge in [-0.25, -0.2) is 0 Å². The molecule has 0 atom stereocenters. The predicted molar refractivity (Wildman–Crippen MR) is 80.9 cm³/mol. The molecule has 3 rings (SSSR count). The molecule has 2 aromatic heterocycles. The maximum Gasteiger partial charge on any atom is 0.284 e. The molecule has 1 N–H and O–H groups in total. The van der Waals surface area contributed by atoms with Gasteiger partial charge in [-0.1, -0.05) is 17.7 Å². The number of nitrogens with one attached hydrogen (secondary N) is 1. The zero-order valence-corrected chi connectivity index (χ0v) is 12.6. The largest absolute Gasteiger partial charge is 0.371 e. The van der Waals surface area contributed by atoms with Gasteiger partial charge in [0.1, 0.15) is 4.83 Å². The summed E-state index contributed by atoms with van der Waals surface area (Å²) in [6, 6.07) is 8.62. The van der Waals surface area contributed by atoms with Gasteiger partial charge in [-0.2, -0.15) is 8.42 Å². The van der Waals surface area contributed by atoms with E-state index in [-0.39, 0.29) is 4.90 Å². The first-order chi connectivity index (χ1) is 9.54. The first kappa shape index (κ1) is 13.1. The lowest BCUT2D eigenvalue weighted by molar-refractivity contribution is 0.583. The molecule has 0 saturated heterocycles. The summed E-state index contributed by atoms with van der Waals surface area (Å²) in [6.45, 7) is 1.92. The molecule has 0 saturated carbocycles. The van der Waals surface area contributed by atoms with Crippen LogP contribution in [0.3, 0.4) is 0 Å². The molecule has 0 unspecified atom stereocenters. The Bertz CT molecular complexity index is 861. The summed E-state index contributed by atoms with van der Waals surface area (Å²) in [5.74, 6) is 0.567. The molecular formula is C13H13N3O2S2. The van der Waals surface area contributed by atoms with Crippen molar-refractivity contribution in [2.24, 2.45) is 0 Å². The molecule has 0 aliphatic rings. The molecule has 0 spiro atoms. The molecule has 104 valence electrons. The molecule has 7 heteroatoms. The highest BCUT2D eigenvalue weighted by molar-refractivity contribution is 7.90. The van der Waals surface area contributed by atoms with Crippen molar-refractivity contribution in [3.63, 3.8) is 0 Å². The first-order valence-electron chi connectivity index (χ1n) is 6.00. The predicted octanol–water partition coefficient (Wildman–Crippen LogP) is 2.68. The number of aryl methyl sites for hydroxylation is 1. The molecule has 2 heterocycles. The molecular weight excluding hydrogens is 294 g/mol. The zero-order chi connectivity index (χ0) is 14.3. The lowest BCUT2D eigenvalue weighted by Gasteiger charge is -2.05. The summed E-state index contributed by atoms with van der Waals surface area (Å²) in [6.07, 6.45) is 0. The summed E-state index contributed by atoms with van der Waals surface area (Å²) in [4.78, 5) is 0.860. The van der Waals surface area contributed by atoms with E-state index in [4.69, 9.17) is 0 Å². The van der Waals surface area contributed by atoms with E-state index in [1.165, 1.54) is 11.3 Å². The number of thiophene rings is 1. The number of hydrogen-bond donors (Lipinski definition) is 1. The van der Waals surface area contributed by atoms with E-state index < -0.39 is 10.0 Å². The molecule has 0 bridgehead atoms. The molecule has 0 amide bonds. The third-order valence-electron chi connectivity index (χ3n) is 3.05. The summed E-state index contributed by atoms with van der Waals surface area (Å²) < 4.78 is 26.4. The number of fused-ring (bicyclic) bond motifs is 1. The Morgan fingerprint density at radius 1 is 1.20 bits per heavy atom. The SMILES string of the molecule is CNc1nn(S(=O)(=O)c2ccc(C)cc2)c2sccc12. The summed E-state index contributed by atoms with van der Waals surface area (Å²) >= 11 is 1.36. The Kier molecular flexibility index (Phi) is 3.02. The average molecular weight is 307 g/mol. The van der Waals surface area contributed by atoms with Crippen LogP contribution in [0.4, 0.5) is 5.82 Å². The summed E-state index contributed by atoms with van der Waals surface area (Å²) in [5.41, 5.74) is 1.02. The second-order valence-corrected chi connectivity index (χ2v) is 7.06. The first-order valence-corrected chi connectivity index (χ1v) is 8.32. The molecule has 20 heavy (non-hydrogen) atoms. The van der Waals surface area contributed by atoms with Crippen LogP contribution in [-0.2, 0) is 10.0 Å². The van der Waals surface area contributed by atoms with Gasteiger partial charge in [0.05, 0.1) is 10.3 Å². The van der Waals surface area contributed by atoms with Crippen LogP contribution in [0.2, 0.25) is 0 Å². The van der Waals surface area contributed by atoms with Gasteiger partial charge in [0.2, 0.25) is 0 Å². The van der Waals surface area contributed by atoms with Crippen molar-refractivity contribution >= 4 is 37.4 Å². The monoisotopic (exact) mass is 307 g/mol. The maximum absolute atomic E-state index is 12.7. The zero-order valence-electron chi connectivity index (χ0n) is 11.0. The Hall–Kier alpha value is -1.86. The fourth-order valence-electron chi connectivity index (χ4n) is 1.98. The van der Waals surface area contributed by atoms with Crippen LogP contribution < -0.4 is 5.32 Å². The number of nitrogens with zero attached hydrogens (tertiary/aromatic N) is 2. The highest BCUT2D eigenvalue weighted by Gasteiger charge is 2.23. The van der Waals surface area contributed by atoms with Crippen LogP contribution in [0.25, 0.3) is 10.2 Å². The van der Waals surface area contributed by atoms with E-state index in [2.05, 4.69) is 10.4 Å². The Morgan fingerprint density at radius 3 is 2.55 bits per heavy atom. The van der Waals surface area contributed by atoms with Crippen molar-refractivity contribution in [3.05, 3.63) is 41.3 Å². The molecule has 0 aliphatic heterocycles. The van der Waals surface area contributed by atoms with E-state index in [1.54, 1.807) is 31.3 Å². The summed E-state index contributed by atoms with van der Waals surface area (Å²) in [5, 5.41) is 9.75. The van der Waals surface area contributed by atoms with Crippen LogP contribution in [0.5, 0.6) is 0 Å². The fourth-order valence-corrected chi connectivity index (χ4v) is 4.34. The van der Waals surface area contributed by atoms with Crippen LogP contribution >= 0.6 is 11.3 Å². The van der Waals surface area contributed by atoms with Crippen molar-refractivity contribution in [2.75, 3.05) is 12.4 Å². The quantitative estimate of drug-likeness (QED) is 0.808. The number of rotatable bonds is 3. The van der Waals surface area contributed by atoms with Gasteiger partial charge in [-0.3, -0.25) is 0 Å². The van der Waals surface area contributed by atoms with E-state index in [9.17, 15) is 8.42 Å². The van der Waals surface area contributed by atoms with Crippen LogP contribution in [0.1, 0.15) is 5.56 Å². The highest BCUT2D eigenvalue weighted by Crippen LogP contribution is 2.30. The van der Waals surface area contributed by atoms with Gasteiger partial charge in [0, 0.05) is 7.05 Å². The summed E-state index contributed by atoms with van der Waals surface area (Å²) in [7, 11) is -1.94. The highest BCUT2D eigenvalue weighted by atomic mass is 32.2. The minimum Gasteiger partial charge on any atom is -0.371 e. The maximum atomic E-state index is 12.7. The van der Waals surface area contributed by atoms with Gasteiger partial charge >= 0.3 is 0 Å². The Balaban J connectivity index is 2.23. The molecule has 3 aromatic rings. The molecule has 5 nitrogen and oxygen atoms in total. The van der Waals surface area contributed by atoms with Crippen molar-refractivity contribution in [2.45, 2.75) is 11.8 Å². The van der Waals surface area contributed by atoms with Crippen molar-refractivity contribution in [1.82, 2.24) is 9.19 Å². The van der Waals surface area contributed by atoms with E-state index in [1.807, 2.05) is 18.4 Å². The normalized spacial score (nSPS) is 11.9. The van der Waals surface area contributed by atoms with Gasteiger partial charge in [0.15, 0.2) is 5.82 Å². The van der Waals surface area contributed by atoms with Crippen molar-refractivity contribution in [3.8, 4) is 0 Å². The second kappa shape index (κ2) is 4.60. The van der Waals surface area contributed by atoms with Gasteiger partial charge in [0.25, 0.3) is 10.0 Å². The topological polar surface area (TPSA) is 64.0 Å². The van der Waals surface area contributed by atoms with Crippen LogP contribution in [-0.4, -0.2) is 24.7 Å². The smallest absolute Gasteiger partial charge is 0.284 e. The lowest BCUT2D eigenvalue weighted by atomic mass is 10.2. The molecule has 0 aliphatic carbocycles. The van der Waals surface area contributed by atoms with E-state index in [0.29, 0.717) is 10.6 Å². The minimum atomic E-state index is -3.67. The molecule has 0 radical (unpaired) electrons. The fraction of sp³-hybridized carbons (Fsp3) is 0.154. The third-order valence-corrected chi connectivity index (χ3v) is 5.64. The van der Waals surface area contributed by atoms with Crippen LogP contribution in [0.15, 0.2) is 40.6 Å². The van der Waals surface area contributed by atoms with Crippen molar-refractivity contribution in [1.29, 1.82) is 0 Å². The average Bonchev–Trinajstić information content (AvgIpc) is 3.00. The van der Waals surface area contributed by atoms with E-state index in [0.717, 1.165) is 15.0 Å². The molecule has 1 aromatic carbocycles. The van der Waals surface area contributed by atoms with Gasteiger partial charge < -0.3 is 5.32 Å². The van der Waals surface area contributed by atoms with Gasteiger partial charge in [-0.15, -0.1) is 20.5 Å². The number of hydrogen-bond acceptors (Lipinski definition) is 5. The number of anilines is 1. The van der Waals surface area contributed by atoms with E-state index >= 15 is 0 Å². The Labute approximate surface area is 120 Å². The lowest BCUT2D eigenvalue weighted by Crippen LogP contribution is -2.14. The number of aromatic nitrogens is 2. The number of benzene rings is 1. The van der Waals surface area contributed by atoms with Gasteiger partial charge in [-0.05, 0) is 30.5 Å². The van der Waals surface area contributed by atoms with Crippen LogP contribution in [0, 0.1) is 6.92 Å².